The number of anilines is 1. The van der Waals surface area contributed by atoms with E-state index >= 15 is 0 Å². The third kappa shape index (κ3) is 3.19. The van der Waals surface area contributed by atoms with Crippen LogP contribution in [0.5, 0.6) is 0 Å². The molecule has 6 heteroatoms. The van der Waals surface area contributed by atoms with Crippen molar-refractivity contribution in [1.29, 1.82) is 0 Å². The van der Waals surface area contributed by atoms with Crippen LogP contribution in [0, 0.1) is 0 Å². The van der Waals surface area contributed by atoms with Gasteiger partial charge in [0.2, 0.25) is 0 Å². The van der Waals surface area contributed by atoms with Gasteiger partial charge in [0, 0.05) is 11.3 Å². The summed E-state index contributed by atoms with van der Waals surface area (Å²) < 4.78 is 4.82. The van der Waals surface area contributed by atoms with Crippen molar-refractivity contribution >= 4 is 11.7 Å². The quantitative estimate of drug-likeness (QED) is 0.429. The molecule has 6 nitrogen and oxygen atoms in total. The largest absolute Gasteiger partial charge is 0.462 e. The molecular weight excluding hydrogens is 238 g/mol. The number of aliphatic hydroxyl groups excluding tert-OH is 3. The molecule has 2 unspecified atom stereocenters. The summed E-state index contributed by atoms with van der Waals surface area (Å²) in [5.41, 5.74) is 6.29. The smallest absolute Gasteiger partial charge is 0.338 e. The van der Waals surface area contributed by atoms with Gasteiger partial charge in [-0.25, -0.2) is 4.79 Å². The van der Waals surface area contributed by atoms with Crippen molar-refractivity contribution in [2.45, 2.75) is 19.1 Å². The van der Waals surface area contributed by atoms with Crippen LogP contribution in [0.1, 0.15) is 28.9 Å². The standard InChI is InChI=1S/C12H17NO5/c1-2-18-12(17)7-3-4-9(13)8(5-7)11(16)10(15)6-14/h3-5,10-11,14-16H,2,6,13H2,1H3. The first kappa shape index (κ1) is 14.4. The van der Waals surface area contributed by atoms with Crippen molar-refractivity contribution in [2.24, 2.45) is 0 Å². The van der Waals surface area contributed by atoms with Gasteiger partial charge < -0.3 is 25.8 Å². The fourth-order valence-electron chi connectivity index (χ4n) is 1.48. The first-order valence-electron chi connectivity index (χ1n) is 5.54. The Bertz CT molecular complexity index is 421. The van der Waals surface area contributed by atoms with E-state index in [-0.39, 0.29) is 23.4 Å². The Morgan fingerprint density at radius 2 is 2.11 bits per heavy atom. The summed E-state index contributed by atoms with van der Waals surface area (Å²) in [7, 11) is 0. The van der Waals surface area contributed by atoms with Crippen molar-refractivity contribution in [3.8, 4) is 0 Å². The third-order valence-corrected chi connectivity index (χ3v) is 2.47. The van der Waals surface area contributed by atoms with E-state index in [1.807, 2.05) is 0 Å². The SMILES string of the molecule is CCOC(=O)c1ccc(N)c(C(O)C(O)CO)c1. The average molecular weight is 255 g/mol. The lowest BCUT2D eigenvalue weighted by Crippen LogP contribution is -2.23. The minimum absolute atomic E-state index is 0.183. The van der Waals surface area contributed by atoms with Gasteiger partial charge in [0.05, 0.1) is 18.8 Å². The predicted molar refractivity (Wildman–Crippen MR) is 64.9 cm³/mol. The lowest BCUT2D eigenvalue weighted by Gasteiger charge is -2.18. The van der Waals surface area contributed by atoms with Crippen molar-refractivity contribution in [3.63, 3.8) is 0 Å². The molecule has 1 aromatic rings. The maximum Gasteiger partial charge on any atom is 0.338 e. The van der Waals surface area contributed by atoms with Gasteiger partial charge in [0.25, 0.3) is 0 Å². The van der Waals surface area contributed by atoms with Gasteiger partial charge in [-0.3, -0.25) is 0 Å². The summed E-state index contributed by atoms with van der Waals surface area (Å²) in [5.74, 6) is -0.538. The zero-order valence-electron chi connectivity index (χ0n) is 10.0. The van der Waals surface area contributed by atoms with E-state index in [4.69, 9.17) is 15.6 Å². The van der Waals surface area contributed by atoms with Gasteiger partial charge in [0.1, 0.15) is 12.2 Å². The van der Waals surface area contributed by atoms with Crippen molar-refractivity contribution < 1.29 is 24.9 Å². The van der Waals surface area contributed by atoms with Crippen LogP contribution >= 0.6 is 0 Å². The average Bonchev–Trinajstić information content (AvgIpc) is 2.37. The van der Waals surface area contributed by atoms with Crippen LogP contribution in [0.3, 0.4) is 0 Å². The molecule has 0 aliphatic carbocycles. The third-order valence-electron chi connectivity index (χ3n) is 2.47. The predicted octanol–water partition coefficient (Wildman–Crippen LogP) is -0.168. The van der Waals surface area contributed by atoms with E-state index < -0.39 is 24.8 Å². The van der Waals surface area contributed by atoms with E-state index in [0.717, 1.165) is 0 Å². The minimum atomic E-state index is -1.36. The number of nitrogen functional groups attached to an aromatic ring is 1. The second kappa shape index (κ2) is 6.34. The first-order chi connectivity index (χ1) is 8.51. The number of rotatable bonds is 5. The maximum absolute atomic E-state index is 11.5. The van der Waals surface area contributed by atoms with Crippen LogP contribution in [0.25, 0.3) is 0 Å². The molecule has 0 aliphatic heterocycles. The number of aliphatic hydroxyl groups is 3. The Hall–Kier alpha value is -1.63. The summed E-state index contributed by atoms with van der Waals surface area (Å²) >= 11 is 0. The molecule has 2 atom stereocenters. The molecule has 1 rings (SSSR count). The second-order valence-corrected chi connectivity index (χ2v) is 3.76. The van der Waals surface area contributed by atoms with Crippen LogP contribution in [0.15, 0.2) is 18.2 Å². The number of carbonyl (C=O) groups excluding carboxylic acids is 1. The number of hydrogen-bond acceptors (Lipinski definition) is 6. The number of hydrogen-bond donors (Lipinski definition) is 4. The fraction of sp³-hybridized carbons (Fsp3) is 0.417. The zero-order chi connectivity index (χ0) is 13.7. The number of esters is 1. The van der Waals surface area contributed by atoms with Gasteiger partial charge >= 0.3 is 5.97 Å². The summed E-state index contributed by atoms with van der Waals surface area (Å²) in [4.78, 5) is 11.5. The van der Waals surface area contributed by atoms with Crippen LogP contribution in [0.2, 0.25) is 0 Å². The number of nitrogens with two attached hydrogens (primary N) is 1. The van der Waals surface area contributed by atoms with Gasteiger partial charge in [-0.1, -0.05) is 0 Å². The molecule has 0 radical (unpaired) electrons. The van der Waals surface area contributed by atoms with E-state index in [1.54, 1.807) is 6.92 Å². The molecule has 0 aromatic heterocycles. The van der Waals surface area contributed by atoms with Gasteiger partial charge in [-0.15, -0.1) is 0 Å². The monoisotopic (exact) mass is 255 g/mol. The molecule has 0 fully saturated rings. The number of benzene rings is 1. The molecule has 1 aromatic carbocycles. The van der Waals surface area contributed by atoms with Crippen LogP contribution in [-0.4, -0.2) is 40.6 Å². The molecule has 0 saturated carbocycles. The fourth-order valence-corrected chi connectivity index (χ4v) is 1.48. The molecule has 18 heavy (non-hydrogen) atoms. The molecule has 0 bridgehead atoms. The van der Waals surface area contributed by atoms with E-state index in [2.05, 4.69) is 0 Å². The zero-order valence-corrected chi connectivity index (χ0v) is 10.0. The van der Waals surface area contributed by atoms with Crippen molar-refractivity contribution in [1.82, 2.24) is 0 Å². The van der Waals surface area contributed by atoms with E-state index in [9.17, 15) is 15.0 Å². The van der Waals surface area contributed by atoms with Gasteiger partial charge in [0.15, 0.2) is 0 Å². The van der Waals surface area contributed by atoms with Crippen LogP contribution in [-0.2, 0) is 4.74 Å². The van der Waals surface area contributed by atoms with Gasteiger partial charge in [-0.2, -0.15) is 0 Å². The normalized spacial score (nSPS) is 14.0. The number of carbonyl (C=O) groups is 1. The molecule has 0 spiro atoms. The summed E-state index contributed by atoms with van der Waals surface area (Å²) in [6.07, 6.45) is -2.71. The number of ether oxygens (including phenoxy) is 1. The van der Waals surface area contributed by atoms with Crippen LogP contribution < -0.4 is 5.73 Å². The molecule has 0 amide bonds. The van der Waals surface area contributed by atoms with E-state index in [1.165, 1.54) is 18.2 Å². The molecular formula is C12H17NO5. The highest BCUT2D eigenvalue weighted by atomic mass is 16.5. The Morgan fingerprint density at radius 1 is 1.44 bits per heavy atom. The molecule has 100 valence electrons. The Labute approximate surface area is 105 Å². The maximum atomic E-state index is 11.5. The van der Waals surface area contributed by atoms with Gasteiger partial charge in [-0.05, 0) is 25.1 Å². The van der Waals surface area contributed by atoms with Crippen molar-refractivity contribution in [3.05, 3.63) is 29.3 Å². The Balaban J connectivity index is 3.04. The highest BCUT2D eigenvalue weighted by molar-refractivity contribution is 5.90. The highest BCUT2D eigenvalue weighted by Crippen LogP contribution is 2.24. The summed E-state index contributed by atoms with van der Waals surface area (Å²) in [5, 5.41) is 27.9. The second-order valence-electron chi connectivity index (χ2n) is 3.76. The first-order valence-corrected chi connectivity index (χ1v) is 5.54. The highest BCUT2D eigenvalue weighted by Gasteiger charge is 2.21. The van der Waals surface area contributed by atoms with Crippen molar-refractivity contribution in [2.75, 3.05) is 18.9 Å². The Morgan fingerprint density at radius 3 is 2.67 bits per heavy atom. The molecule has 0 saturated heterocycles. The molecule has 5 N–H and O–H groups in total. The summed E-state index contributed by atoms with van der Waals surface area (Å²) in [6, 6.07) is 4.25. The molecule has 0 heterocycles. The van der Waals surface area contributed by atoms with E-state index in [0.29, 0.717) is 0 Å². The molecule has 0 aliphatic rings. The van der Waals surface area contributed by atoms with Crippen LogP contribution in [0.4, 0.5) is 5.69 Å². The minimum Gasteiger partial charge on any atom is -0.462 e. The lowest BCUT2D eigenvalue weighted by molar-refractivity contribution is -0.0149. The topological polar surface area (TPSA) is 113 Å². The lowest BCUT2D eigenvalue weighted by atomic mass is 10.0. The Kier molecular flexibility index (Phi) is 5.08. The summed E-state index contributed by atoms with van der Waals surface area (Å²) in [6.45, 7) is 1.31.